The van der Waals surface area contributed by atoms with Gasteiger partial charge in [-0.15, -0.1) is 0 Å². The molecule has 2 heterocycles. The van der Waals surface area contributed by atoms with Crippen molar-refractivity contribution in [1.29, 1.82) is 0 Å². The van der Waals surface area contributed by atoms with Gasteiger partial charge < -0.3 is 14.3 Å². The number of aromatic nitrogens is 2. The lowest BCUT2D eigenvalue weighted by Crippen LogP contribution is -2.07. The Kier molecular flexibility index (Phi) is 4.72. The molecular formula is C22H17FN2O4. The fourth-order valence-electron chi connectivity index (χ4n) is 3.16. The van der Waals surface area contributed by atoms with E-state index in [1.54, 1.807) is 24.5 Å². The predicted octanol–water partition coefficient (Wildman–Crippen LogP) is 5.18. The van der Waals surface area contributed by atoms with E-state index in [4.69, 9.17) is 9.15 Å². The second-order valence-corrected chi connectivity index (χ2v) is 6.76. The molecule has 4 rings (SSSR count). The molecule has 0 atom stereocenters. The molecule has 0 radical (unpaired) electrons. The zero-order valence-corrected chi connectivity index (χ0v) is 15.7. The van der Waals surface area contributed by atoms with Crippen LogP contribution in [0.25, 0.3) is 33.4 Å². The maximum atomic E-state index is 13.3. The summed E-state index contributed by atoms with van der Waals surface area (Å²) < 4.78 is 25.1. The van der Waals surface area contributed by atoms with Gasteiger partial charge in [-0.3, -0.25) is 0 Å². The van der Waals surface area contributed by atoms with Gasteiger partial charge in [0, 0.05) is 34.5 Å². The molecule has 0 aliphatic rings. The number of nitrogens with zero attached hydrogens (tertiary/aromatic N) is 2. The number of carboxylic acids is 1. The second-order valence-electron chi connectivity index (χ2n) is 6.76. The molecule has 0 aliphatic carbocycles. The number of aromatic carboxylic acids is 1. The van der Waals surface area contributed by atoms with Crippen molar-refractivity contribution in [2.75, 3.05) is 0 Å². The largest absolute Gasteiger partial charge is 0.490 e. The summed E-state index contributed by atoms with van der Waals surface area (Å²) in [4.78, 5) is 20.1. The fourth-order valence-corrected chi connectivity index (χ4v) is 3.16. The molecule has 0 saturated heterocycles. The van der Waals surface area contributed by atoms with Crippen molar-refractivity contribution in [3.8, 4) is 28.2 Å². The monoisotopic (exact) mass is 392 g/mol. The number of hydrogen-bond donors (Lipinski definition) is 1. The molecular weight excluding hydrogens is 375 g/mol. The first-order valence-corrected chi connectivity index (χ1v) is 8.96. The summed E-state index contributed by atoms with van der Waals surface area (Å²) in [6.45, 7) is 3.76. The second kappa shape index (κ2) is 7.35. The van der Waals surface area contributed by atoms with Gasteiger partial charge in [-0.1, -0.05) is 0 Å². The van der Waals surface area contributed by atoms with Crippen LogP contribution in [0.5, 0.6) is 5.75 Å². The van der Waals surface area contributed by atoms with Crippen molar-refractivity contribution in [1.82, 2.24) is 9.97 Å². The molecule has 4 aromatic rings. The number of benzene rings is 2. The van der Waals surface area contributed by atoms with Crippen LogP contribution >= 0.6 is 0 Å². The Morgan fingerprint density at radius 3 is 2.41 bits per heavy atom. The van der Waals surface area contributed by atoms with E-state index in [2.05, 4.69) is 9.97 Å². The van der Waals surface area contributed by atoms with E-state index in [9.17, 15) is 14.3 Å². The molecule has 6 nitrogen and oxygen atoms in total. The van der Waals surface area contributed by atoms with Crippen molar-refractivity contribution in [2.24, 2.45) is 0 Å². The molecule has 0 fully saturated rings. The summed E-state index contributed by atoms with van der Waals surface area (Å²) in [5, 5.41) is 10.2. The number of halogens is 1. The molecule has 7 heteroatoms. The number of hydrogen-bond acceptors (Lipinski definition) is 5. The topological polar surface area (TPSA) is 85.5 Å². The molecule has 2 aromatic heterocycles. The van der Waals surface area contributed by atoms with Crippen molar-refractivity contribution in [3.63, 3.8) is 0 Å². The summed E-state index contributed by atoms with van der Waals surface area (Å²) in [5.74, 6) is -0.907. The molecule has 0 spiro atoms. The zero-order chi connectivity index (χ0) is 20.5. The Balaban J connectivity index is 1.99. The molecule has 0 aliphatic heterocycles. The van der Waals surface area contributed by atoms with Crippen LogP contribution < -0.4 is 4.74 Å². The minimum atomic E-state index is -1.14. The Bertz CT molecular complexity index is 1190. The lowest BCUT2D eigenvalue weighted by molar-refractivity contribution is 0.0699. The summed E-state index contributed by atoms with van der Waals surface area (Å²) >= 11 is 0. The number of rotatable bonds is 5. The molecule has 29 heavy (non-hydrogen) atoms. The van der Waals surface area contributed by atoms with Gasteiger partial charge in [-0.25, -0.2) is 19.2 Å². The summed E-state index contributed by atoms with van der Waals surface area (Å²) in [6, 6.07) is 8.85. The molecule has 0 unspecified atom stereocenters. The van der Waals surface area contributed by atoms with Crippen LogP contribution in [0, 0.1) is 5.82 Å². The van der Waals surface area contributed by atoms with E-state index in [1.165, 1.54) is 30.6 Å². The SMILES string of the molecule is CC(C)Oc1cc2c(C(=O)O)c(-c3ccc(F)cc3)oc2cc1-c1cncnc1. The van der Waals surface area contributed by atoms with E-state index in [1.807, 2.05) is 13.8 Å². The molecule has 1 N–H and O–H groups in total. The van der Waals surface area contributed by atoms with E-state index in [-0.39, 0.29) is 17.4 Å². The van der Waals surface area contributed by atoms with E-state index in [0.717, 1.165) is 0 Å². The van der Waals surface area contributed by atoms with Crippen LogP contribution in [0.1, 0.15) is 24.2 Å². The Morgan fingerprint density at radius 1 is 1.10 bits per heavy atom. The Morgan fingerprint density at radius 2 is 1.79 bits per heavy atom. The summed E-state index contributed by atoms with van der Waals surface area (Å²) in [5.41, 5.74) is 2.23. The standard InChI is InChI=1S/C22H17FN2O4/c1-12(2)28-18-8-17-19(7-16(18)14-9-24-11-25-10-14)29-21(20(17)22(26)27)13-3-5-15(23)6-4-13/h3-12H,1-2H3,(H,26,27). The maximum absolute atomic E-state index is 13.3. The minimum absolute atomic E-state index is 0.00363. The van der Waals surface area contributed by atoms with E-state index < -0.39 is 11.8 Å². The van der Waals surface area contributed by atoms with Gasteiger partial charge >= 0.3 is 5.97 Å². The number of ether oxygens (including phenoxy) is 1. The minimum Gasteiger partial charge on any atom is -0.490 e. The maximum Gasteiger partial charge on any atom is 0.340 e. The van der Waals surface area contributed by atoms with Crippen LogP contribution in [0.15, 0.2) is 59.5 Å². The van der Waals surface area contributed by atoms with Crippen molar-refractivity contribution in [3.05, 3.63) is 66.5 Å². The highest BCUT2D eigenvalue weighted by Gasteiger charge is 2.24. The van der Waals surface area contributed by atoms with Crippen LogP contribution in [-0.4, -0.2) is 27.1 Å². The van der Waals surface area contributed by atoms with Gasteiger partial charge in [0.1, 0.15) is 34.8 Å². The van der Waals surface area contributed by atoms with E-state index >= 15 is 0 Å². The normalized spacial score (nSPS) is 11.2. The van der Waals surface area contributed by atoms with Crippen LogP contribution in [0.4, 0.5) is 4.39 Å². The number of carbonyl (C=O) groups is 1. The first-order valence-electron chi connectivity index (χ1n) is 8.96. The average molecular weight is 392 g/mol. The summed E-state index contributed by atoms with van der Waals surface area (Å²) in [7, 11) is 0. The van der Waals surface area contributed by atoms with Gasteiger partial charge in [0.05, 0.1) is 6.10 Å². The van der Waals surface area contributed by atoms with Crippen molar-refractivity contribution < 1.29 is 23.4 Å². The van der Waals surface area contributed by atoms with Gasteiger partial charge in [-0.2, -0.15) is 0 Å². The van der Waals surface area contributed by atoms with Crippen LogP contribution in [-0.2, 0) is 0 Å². The quantitative estimate of drug-likeness (QED) is 0.504. The number of carboxylic acid groups (broad SMARTS) is 1. The highest BCUT2D eigenvalue weighted by atomic mass is 19.1. The first kappa shape index (κ1) is 18.6. The van der Waals surface area contributed by atoms with Crippen molar-refractivity contribution in [2.45, 2.75) is 20.0 Å². The van der Waals surface area contributed by atoms with Crippen LogP contribution in [0.3, 0.4) is 0 Å². The highest BCUT2D eigenvalue weighted by Crippen LogP contribution is 2.40. The number of fused-ring (bicyclic) bond motifs is 1. The van der Waals surface area contributed by atoms with Crippen molar-refractivity contribution >= 4 is 16.9 Å². The third-order valence-electron chi connectivity index (χ3n) is 4.34. The lowest BCUT2D eigenvalue weighted by Gasteiger charge is -2.14. The smallest absolute Gasteiger partial charge is 0.340 e. The first-order chi connectivity index (χ1) is 13.9. The molecule has 0 bridgehead atoms. The van der Waals surface area contributed by atoms with E-state index in [0.29, 0.717) is 33.4 Å². The summed E-state index contributed by atoms with van der Waals surface area (Å²) in [6.07, 6.45) is 4.58. The third kappa shape index (κ3) is 3.54. The zero-order valence-electron chi connectivity index (χ0n) is 15.7. The highest BCUT2D eigenvalue weighted by molar-refractivity contribution is 6.09. The van der Waals surface area contributed by atoms with Gasteiger partial charge in [-0.05, 0) is 50.2 Å². The van der Waals surface area contributed by atoms with Gasteiger partial charge in [0.2, 0.25) is 0 Å². The molecule has 146 valence electrons. The van der Waals surface area contributed by atoms with Gasteiger partial charge in [0.15, 0.2) is 0 Å². The number of furan rings is 1. The average Bonchev–Trinajstić information content (AvgIpc) is 3.06. The molecule has 0 amide bonds. The van der Waals surface area contributed by atoms with Gasteiger partial charge in [0.25, 0.3) is 0 Å². The lowest BCUT2D eigenvalue weighted by atomic mass is 10.0. The van der Waals surface area contributed by atoms with Crippen LogP contribution in [0.2, 0.25) is 0 Å². The Hall–Kier alpha value is -3.74. The fraction of sp³-hybridized carbons (Fsp3) is 0.136. The third-order valence-corrected chi connectivity index (χ3v) is 4.34. The predicted molar refractivity (Wildman–Crippen MR) is 105 cm³/mol. The molecule has 0 saturated carbocycles. The Labute approximate surface area is 165 Å². The molecule has 2 aromatic carbocycles.